The van der Waals surface area contributed by atoms with Crippen LogP contribution in [0.5, 0.6) is 0 Å². The van der Waals surface area contributed by atoms with Crippen LogP contribution in [0.2, 0.25) is 0 Å². The zero-order valence-electron chi connectivity index (χ0n) is 13.9. The van der Waals surface area contributed by atoms with E-state index in [1.165, 1.54) is 11.8 Å². The van der Waals surface area contributed by atoms with E-state index >= 15 is 0 Å². The lowest BCUT2D eigenvalue weighted by Gasteiger charge is -2.39. The third-order valence-electron chi connectivity index (χ3n) is 3.72. The molecule has 0 aromatic rings. The Hall–Kier alpha value is -1.51. The van der Waals surface area contributed by atoms with E-state index < -0.39 is 12.2 Å². The molecule has 1 amide bonds. The lowest BCUT2D eigenvalue weighted by Crippen LogP contribution is -2.56. The van der Waals surface area contributed by atoms with E-state index in [9.17, 15) is 18.0 Å². The topological polar surface area (TPSA) is 60.0 Å². The highest BCUT2D eigenvalue weighted by Crippen LogP contribution is 2.25. The number of rotatable bonds is 5. The summed E-state index contributed by atoms with van der Waals surface area (Å²) in [5.74, 6) is 0.394. The van der Waals surface area contributed by atoms with Gasteiger partial charge in [0.2, 0.25) is 5.91 Å². The maximum Gasteiger partial charge on any atom is 0.403 e. The van der Waals surface area contributed by atoms with Crippen LogP contribution in [-0.4, -0.2) is 79.7 Å². The van der Waals surface area contributed by atoms with Gasteiger partial charge in [-0.05, 0) is 20.8 Å². The van der Waals surface area contributed by atoms with Crippen molar-refractivity contribution in [1.82, 2.24) is 20.4 Å². The molecule has 0 radical (unpaired) electrons. The standard InChI is InChI=1S/C14H26F3N5O/c1-4-18-12(23)10-20-13(19-5-2)22-8-6-21(7-9-22)11(3)14(15,16)17/h11H,4-10H2,1-3H3,(H,18,23)(H,19,20). The molecule has 1 aliphatic rings. The highest BCUT2D eigenvalue weighted by Gasteiger charge is 2.41. The molecule has 0 saturated carbocycles. The second-order valence-electron chi connectivity index (χ2n) is 5.36. The average molecular weight is 337 g/mol. The van der Waals surface area contributed by atoms with Crippen molar-refractivity contribution in [1.29, 1.82) is 0 Å². The van der Waals surface area contributed by atoms with Gasteiger partial charge in [0.1, 0.15) is 12.6 Å². The van der Waals surface area contributed by atoms with Gasteiger partial charge in [0.15, 0.2) is 5.96 Å². The number of aliphatic imine (C=N–C) groups is 1. The van der Waals surface area contributed by atoms with Crippen LogP contribution >= 0.6 is 0 Å². The van der Waals surface area contributed by atoms with E-state index in [0.29, 0.717) is 45.2 Å². The molecule has 1 aliphatic heterocycles. The van der Waals surface area contributed by atoms with Crippen LogP contribution in [-0.2, 0) is 4.79 Å². The van der Waals surface area contributed by atoms with Crippen molar-refractivity contribution in [2.45, 2.75) is 33.0 Å². The van der Waals surface area contributed by atoms with Gasteiger partial charge in [-0.15, -0.1) is 0 Å². The van der Waals surface area contributed by atoms with Crippen LogP contribution in [0.1, 0.15) is 20.8 Å². The van der Waals surface area contributed by atoms with E-state index in [0.717, 1.165) is 0 Å². The van der Waals surface area contributed by atoms with E-state index in [1.54, 1.807) is 0 Å². The molecule has 0 aliphatic carbocycles. The first-order valence-electron chi connectivity index (χ1n) is 7.90. The zero-order chi connectivity index (χ0) is 17.5. The predicted octanol–water partition coefficient (Wildman–Crippen LogP) is 0.656. The summed E-state index contributed by atoms with van der Waals surface area (Å²) in [5, 5.41) is 5.74. The first-order valence-corrected chi connectivity index (χ1v) is 7.90. The summed E-state index contributed by atoms with van der Waals surface area (Å²) in [6.07, 6.45) is -4.21. The number of hydrogen-bond acceptors (Lipinski definition) is 3. The van der Waals surface area contributed by atoms with E-state index in [-0.39, 0.29) is 12.5 Å². The Balaban J connectivity index is 2.60. The summed E-state index contributed by atoms with van der Waals surface area (Å²) >= 11 is 0. The highest BCUT2D eigenvalue weighted by molar-refractivity contribution is 5.85. The smallest absolute Gasteiger partial charge is 0.357 e. The van der Waals surface area contributed by atoms with Crippen LogP contribution in [0.4, 0.5) is 13.2 Å². The molecule has 1 atom stereocenters. The van der Waals surface area contributed by atoms with Crippen molar-refractivity contribution in [2.75, 3.05) is 45.8 Å². The van der Waals surface area contributed by atoms with E-state index in [4.69, 9.17) is 0 Å². The largest absolute Gasteiger partial charge is 0.403 e. The molecule has 134 valence electrons. The highest BCUT2D eigenvalue weighted by atomic mass is 19.4. The lowest BCUT2D eigenvalue weighted by atomic mass is 10.2. The van der Waals surface area contributed by atoms with Crippen LogP contribution < -0.4 is 10.6 Å². The molecule has 9 heteroatoms. The van der Waals surface area contributed by atoms with Crippen LogP contribution in [0.3, 0.4) is 0 Å². The molecule has 1 heterocycles. The summed E-state index contributed by atoms with van der Waals surface area (Å²) in [5.41, 5.74) is 0. The van der Waals surface area contributed by atoms with Crippen molar-refractivity contribution in [3.8, 4) is 0 Å². The minimum Gasteiger partial charge on any atom is -0.357 e. The fraction of sp³-hybridized carbons (Fsp3) is 0.857. The van der Waals surface area contributed by atoms with E-state index in [1.807, 2.05) is 18.7 Å². The Kier molecular flexibility index (Phi) is 7.60. The predicted molar refractivity (Wildman–Crippen MR) is 83.3 cm³/mol. The summed E-state index contributed by atoms with van der Waals surface area (Å²) in [7, 11) is 0. The Bertz CT molecular complexity index is 406. The van der Waals surface area contributed by atoms with Gasteiger partial charge in [-0.3, -0.25) is 9.69 Å². The molecule has 0 bridgehead atoms. The molecule has 1 saturated heterocycles. The number of amides is 1. The minimum absolute atomic E-state index is 0.00927. The minimum atomic E-state index is -4.21. The summed E-state index contributed by atoms with van der Waals surface area (Å²) in [6.45, 7) is 7.62. The first-order chi connectivity index (χ1) is 10.8. The van der Waals surface area contributed by atoms with Crippen molar-refractivity contribution in [2.24, 2.45) is 4.99 Å². The lowest BCUT2D eigenvalue weighted by molar-refractivity contribution is -0.181. The van der Waals surface area contributed by atoms with E-state index in [2.05, 4.69) is 15.6 Å². The average Bonchev–Trinajstić information content (AvgIpc) is 2.50. The van der Waals surface area contributed by atoms with Crippen molar-refractivity contribution >= 4 is 11.9 Å². The molecule has 0 aromatic carbocycles. The summed E-state index contributed by atoms with van der Waals surface area (Å²) in [6, 6.07) is -1.44. The molecule has 23 heavy (non-hydrogen) atoms. The van der Waals surface area contributed by atoms with Crippen molar-refractivity contribution < 1.29 is 18.0 Å². The number of likely N-dealkylation sites (N-methyl/N-ethyl adjacent to an activating group) is 1. The number of nitrogens with one attached hydrogen (secondary N) is 2. The Morgan fingerprint density at radius 2 is 1.70 bits per heavy atom. The third kappa shape index (κ3) is 6.25. The van der Waals surface area contributed by atoms with Crippen molar-refractivity contribution in [3.63, 3.8) is 0 Å². The van der Waals surface area contributed by atoms with Crippen LogP contribution in [0.25, 0.3) is 0 Å². The summed E-state index contributed by atoms with van der Waals surface area (Å²) < 4.78 is 38.3. The molecule has 1 unspecified atom stereocenters. The van der Waals surface area contributed by atoms with Gasteiger partial charge in [-0.1, -0.05) is 0 Å². The second kappa shape index (κ2) is 8.95. The fourth-order valence-corrected chi connectivity index (χ4v) is 2.35. The third-order valence-corrected chi connectivity index (χ3v) is 3.72. The molecular weight excluding hydrogens is 311 g/mol. The number of carbonyl (C=O) groups excluding carboxylic acids is 1. The maximum atomic E-state index is 12.8. The number of halogens is 3. The van der Waals surface area contributed by atoms with Crippen LogP contribution in [0.15, 0.2) is 4.99 Å². The number of guanidine groups is 1. The number of hydrogen-bond donors (Lipinski definition) is 2. The van der Waals surface area contributed by atoms with Crippen LogP contribution in [0, 0.1) is 0 Å². The fourth-order valence-electron chi connectivity index (χ4n) is 2.35. The summed E-state index contributed by atoms with van der Waals surface area (Å²) in [4.78, 5) is 19.1. The number of piperazine rings is 1. The van der Waals surface area contributed by atoms with Gasteiger partial charge < -0.3 is 15.5 Å². The normalized spacial score (nSPS) is 18.7. The molecule has 1 rings (SSSR count). The molecular formula is C14H26F3N5O. The molecule has 2 N–H and O–H groups in total. The SMILES string of the molecule is CCNC(=O)CN=C(NCC)N1CCN(C(C)C(F)(F)F)CC1. The Morgan fingerprint density at radius 3 is 2.17 bits per heavy atom. The second-order valence-corrected chi connectivity index (χ2v) is 5.36. The van der Waals surface area contributed by atoms with Gasteiger partial charge in [-0.25, -0.2) is 4.99 Å². The quantitative estimate of drug-likeness (QED) is 0.571. The maximum absolute atomic E-state index is 12.8. The van der Waals surface area contributed by atoms with Gasteiger partial charge in [0.25, 0.3) is 0 Å². The molecule has 6 nitrogen and oxygen atoms in total. The Morgan fingerprint density at radius 1 is 1.13 bits per heavy atom. The molecule has 1 fully saturated rings. The van der Waals surface area contributed by atoms with Gasteiger partial charge >= 0.3 is 6.18 Å². The first kappa shape index (κ1) is 19.5. The number of nitrogens with zero attached hydrogens (tertiary/aromatic N) is 3. The monoisotopic (exact) mass is 337 g/mol. The number of alkyl halides is 3. The zero-order valence-corrected chi connectivity index (χ0v) is 13.9. The van der Waals surface area contributed by atoms with Crippen molar-refractivity contribution in [3.05, 3.63) is 0 Å². The van der Waals surface area contributed by atoms with Gasteiger partial charge in [0.05, 0.1) is 0 Å². The van der Waals surface area contributed by atoms with Gasteiger partial charge in [-0.2, -0.15) is 13.2 Å². The van der Waals surface area contributed by atoms with Gasteiger partial charge in [0, 0.05) is 39.3 Å². The molecule has 0 spiro atoms. The Labute approximate surface area is 135 Å². The number of carbonyl (C=O) groups is 1. The molecule has 0 aromatic heterocycles.